The van der Waals surface area contributed by atoms with E-state index in [2.05, 4.69) is 31.9 Å². The predicted molar refractivity (Wildman–Crippen MR) is 91.9 cm³/mol. The maximum atomic E-state index is 12.2. The van der Waals surface area contributed by atoms with E-state index in [4.69, 9.17) is 4.74 Å². The molecule has 0 fully saturated rings. The van der Waals surface area contributed by atoms with Gasteiger partial charge in [-0.2, -0.15) is 0 Å². The van der Waals surface area contributed by atoms with E-state index in [-0.39, 0.29) is 12.5 Å². The van der Waals surface area contributed by atoms with Crippen LogP contribution in [0.25, 0.3) is 0 Å². The summed E-state index contributed by atoms with van der Waals surface area (Å²) < 4.78 is 7.29. The van der Waals surface area contributed by atoms with Crippen molar-refractivity contribution in [3.05, 3.63) is 57.0 Å². The highest BCUT2D eigenvalue weighted by atomic mass is 79.9. The van der Waals surface area contributed by atoms with Gasteiger partial charge >= 0.3 is 0 Å². The van der Waals surface area contributed by atoms with Gasteiger partial charge in [0, 0.05) is 12.7 Å². The van der Waals surface area contributed by atoms with E-state index in [1.54, 1.807) is 11.9 Å². The molecule has 0 saturated heterocycles. The number of carbonyl (C=O) groups excluding carboxylic acids is 1. The summed E-state index contributed by atoms with van der Waals surface area (Å²) in [6.07, 6.45) is 0. The van der Waals surface area contributed by atoms with Crippen molar-refractivity contribution in [1.82, 2.24) is 0 Å². The molecular formula is C16H15Br2NO2. The molecule has 0 aliphatic carbocycles. The Balaban J connectivity index is 2.05. The van der Waals surface area contributed by atoms with Crippen molar-refractivity contribution < 1.29 is 9.53 Å². The monoisotopic (exact) mass is 411 g/mol. The Morgan fingerprint density at radius 1 is 1.14 bits per heavy atom. The Labute approximate surface area is 141 Å². The van der Waals surface area contributed by atoms with Crippen LogP contribution in [0.15, 0.2) is 51.4 Å². The third-order valence-corrected chi connectivity index (χ3v) is 4.18. The molecule has 0 aliphatic rings. The van der Waals surface area contributed by atoms with E-state index in [1.165, 1.54) is 0 Å². The molecule has 2 aromatic rings. The van der Waals surface area contributed by atoms with Gasteiger partial charge in [-0.05, 0) is 68.6 Å². The minimum atomic E-state index is -0.111. The van der Waals surface area contributed by atoms with Crippen molar-refractivity contribution in [3.63, 3.8) is 0 Å². The topological polar surface area (TPSA) is 29.5 Å². The number of para-hydroxylation sites is 1. The third-order valence-electron chi connectivity index (χ3n) is 3.00. The van der Waals surface area contributed by atoms with Crippen LogP contribution in [0.5, 0.6) is 5.75 Å². The lowest BCUT2D eigenvalue weighted by Crippen LogP contribution is -2.31. The second-order valence-electron chi connectivity index (χ2n) is 4.63. The first-order valence-corrected chi connectivity index (χ1v) is 7.97. The van der Waals surface area contributed by atoms with Crippen molar-refractivity contribution in [3.8, 4) is 5.75 Å². The molecule has 0 bridgehead atoms. The Hall–Kier alpha value is -1.33. The highest BCUT2D eigenvalue weighted by molar-refractivity contribution is 9.11. The largest absolute Gasteiger partial charge is 0.481 e. The molecule has 0 N–H and O–H groups in total. The summed E-state index contributed by atoms with van der Waals surface area (Å²) in [6, 6.07) is 13.4. The van der Waals surface area contributed by atoms with E-state index in [0.29, 0.717) is 5.75 Å². The van der Waals surface area contributed by atoms with Gasteiger partial charge in [0.15, 0.2) is 6.61 Å². The highest BCUT2D eigenvalue weighted by Crippen LogP contribution is 2.34. The predicted octanol–water partition coefficient (Wildman–Crippen LogP) is 4.56. The van der Waals surface area contributed by atoms with Crippen molar-refractivity contribution in [2.45, 2.75) is 6.92 Å². The Morgan fingerprint density at radius 3 is 2.29 bits per heavy atom. The van der Waals surface area contributed by atoms with Crippen LogP contribution in [0.2, 0.25) is 0 Å². The number of rotatable bonds is 4. The quantitative estimate of drug-likeness (QED) is 0.736. The second-order valence-corrected chi connectivity index (χ2v) is 6.34. The van der Waals surface area contributed by atoms with Gasteiger partial charge in [0.2, 0.25) is 0 Å². The zero-order valence-corrected chi connectivity index (χ0v) is 14.9. The summed E-state index contributed by atoms with van der Waals surface area (Å²) >= 11 is 6.90. The van der Waals surface area contributed by atoms with Crippen molar-refractivity contribution in [2.75, 3.05) is 18.6 Å². The van der Waals surface area contributed by atoms with Crippen molar-refractivity contribution >= 4 is 43.5 Å². The van der Waals surface area contributed by atoms with Gasteiger partial charge in [0.1, 0.15) is 5.75 Å². The smallest absolute Gasteiger partial charge is 0.264 e. The van der Waals surface area contributed by atoms with Gasteiger partial charge in [-0.3, -0.25) is 4.79 Å². The molecule has 0 aromatic heterocycles. The highest BCUT2D eigenvalue weighted by Gasteiger charge is 2.14. The van der Waals surface area contributed by atoms with E-state index >= 15 is 0 Å². The minimum absolute atomic E-state index is 0.0222. The number of aryl methyl sites for hydroxylation is 1. The molecule has 0 atom stereocenters. The molecule has 0 saturated carbocycles. The van der Waals surface area contributed by atoms with Gasteiger partial charge in [0.05, 0.1) is 8.95 Å². The van der Waals surface area contributed by atoms with E-state index < -0.39 is 0 Å². The lowest BCUT2D eigenvalue weighted by atomic mass is 10.2. The van der Waals surface area contributed by atoms with E-state index in [0.717, 1.165) is 20.2 Å². The van der Waals surface area contributed by atoms with Gasteiger partial charge in [-0.1, -0.05) is 18.2 Å². The van der Waals surface area contributed by atoms with E-state index in [1.807, 2.05) is 49.4 Å². The maximum Gasteiger partial charge on any atom is 0.264 e. The first-order chi connectivity index (χ1) is 9.99. The summed E-state index contributed by atoms with van der Waals surface area (Å²) in [4.78, 5) is 13.8. The van der Waals surface area contributed by atoms with Crippen molar-refractivity contribution in [1.29, 1.82) is 0 Å². The van der Waals surface area contributed by atoms with Gasteiger partial charge < -0.3 is 9.64 Å². The number of anilines is 1. The molecule has 110 valence electrons. The molecule has 0 radical (unpaired) electrons. The Kier molecular flexibility index (Phi) is 5.42. The molecular weight excluding hydrogens is 398 g/mol. The zero-order valence-electron chi connectivity index (χ0n) is 11.8. The summed E-state index contributed by atoms with van der Waals surface area (Å²) in [5.41, 5.74) is 1.95. The summed E-state index contributed by atoms with van der Waals surface area (Å²) in [5, 5.41) is 0. The number of carbonyl (C=O) groups is 1. The summed E-state index contributed by atoms with van der Waals surface area (Å²) in [7, 11) is 1.74. The van der Waals surface area contributed by atoms with Gasteiger partial charge in [-0.25, -0.2) is 0 Å². The van der Waals surface area contributed by atoms with Gasteiger partial charge in [-0.15, -0.1) is 0 Å². The summed E-state index contributed by atoms with van der Waals surface area (Å²) in [6.45, 7) is 1.97. The Bertz CT molecular complexity index is 621. The molecule has 2 aromatic carbocycles. The SMILES string of the molecule is Cc1cc(Br)c(OCC(=O)N(C)c2ccccc2)c(Br)c1. The van der Waals surface area contributed by atoms with Crippen LogP contribution in [-0.4, -0.2) is 19.6 Å². The number of halogens is 2. The van der Waals surface area contributed by atoms with Crippen LogP contribution >= 0.6 is 31.9 Å². The fourth-order valence-corrected chi connectivity index (χ4v) is 3.50. The Morgan fingerprint density at radius 2 is 1.71 bits per heavy atom. The minimum Gasteiger partial charge on any atom is -0.481 e. The van der Waals surface area contributed by atoms with Crippen LogP contribution in [0.1, 0.15) is 5.56 Å². The van der Waals surface area contributed by atoms with Crippen LogP contribution < -0.4 is 9.64 Å². The number of hydrogen-bond acceptors (Lipinski definition) is 2. The van der Waals surface area contributed by atoms with Gasteiger partial charge in [0.25, 0.3) is 5.91 Å². The van der Waals surface area contributed by atoms with Crippen LogP contribution in [0, 0.1) is 6.92 Å². The van der Waals surface area contributed by atoms with Crippen LogP contribution in [0.4, 0.5) is 5.69 Å². The average molecular weight is 413 g/mol. The normalized spacial score (nSPS) is 10.3. The lowest BCUT2D eigenvalue weighted by Gasteiger charge is -2.18. The number of benzene rings is 2. The fraction of sp³-hybridized carbons (Fsp3) is 0.188. The second kappa shape index (κ2) is 7.09. The molecule has 0 heterocycles. The molecule has 3 nitrogen and oxygen atoms in total. The number of hydrogen-bond donors (Lipinski definition) is 0. The first-order valence-electron chi connectivity index (χ1n) is 6.39. The molecule has 5 heteroatoms. The average Bonchev–Trinajstić information content (AvgIpc) is 2.46. The lowest BCUT2D eigenvalue weighted by molar-refractivity contribution is -0.120. The number of ether oxygens (including phenoxy) is 1. The molecule has 0 spiro atoms. The number of likely N-dealkylation sites (N-methyl/N-ethyl adjacent to an activating group) is 1. The molecule has 1 amide bonds. The molecule has 0 unspecified atom stereocenters. The van der Waals surface area contributed by atoms with Crippen molar-refractivity contribution in [2.24, 2.45) is 0 Å². The number of amides is 1. The van der Waals surface area contributed by atoms with E-state index in [9.17, 15) is 4.79 Å². The third kappa shape index (κ3) is 4.08. The zero-order chi connectivity index (χ0) is 15.4. The van der Waals surface area contributed by atoms with Crippen LogP contribution in [0.3, 0.4) is 0 Å². The molecule has 21 heavy (non-hydrogen) atoms. The number of nitrogens with zero attached hydrogens (tertiary/aromatic N) is 1. The van der Waals surface area contributed by atoms with Crippen LogP contribution in [-0.2, 0) is 4.79 Å². The fourth-order valence-electron chi connectivity index (χ4n) is 1.85. The molecule has 2 rings (SSSR count). The standard InChI is InChI=1S/C16H15Br2NO2/c1-11-8-13(17)16(14(18)9-11)21-10-15(20)19(2)12-6-4-3-5-7-12/h3-9H,10H2,1-2H3. The molecule has 0 aliphatic heterocycles. The first kappa shape index (κ1) is 16.0. The maximum absolute atomic E-state index is 12.2. The summed E-state index contributed by atoms with van der Waals surface area (Å²) in [5.74, 6) is 0.524.